The minimum atomic E-state index is -0.928. The van der Waals surface area contributed by atoms with Crippen molar-refractivity contribution >= 4 is 11.6 Å². The number of aromatic nitrogens is 2. The van der Waals surface area contributed by atoms with E-state index in [0.29, 0.717) is 0 Å². The first-order valence-corrected chi connectivity index (χ1v) is 5.60. The van der Waals surface area contributed by atoms with Crippen molar-refractivity contribution in [3.05, 3.63) is 56.7 Å². The molecule has 0 saturated carbocycles. The molecule has 0 radical (unpaired) electrons. The lowest BCUT2D eigenvalue weighted by atomic mass is 10.1. The average Bonchev–Trinajstić information content (AvgIpc) is 2.38. The van der Waals surface area contributed by atoms with Gasteiger partial charge in [-0.2, -0.15) is 0 Å². The second kappa shape index (κ2) is 5.74. The highest BCUT2D eigenvalue weighted by atomic mass is 16.3. The van der Waals surface area contributed by atoms with Crippen LogP contribution < -0.4 is 11.2 Å². The molecular weight excluding hydrogens is 264 g/mol. The molecule has 0 atom stereocenters. The van der Waals surface area contributed by atoms with Gasteiger partial charge in [-0.15, -0.1) is 10.2 Å². The van der Waals surface area contributed by atoms with E-state index in [4.69, 9.17) is 0 Å². The van der Waals surface area contributed by atoms with Gasteiger partial charge in [0.25, 0.3) is 11.5 Å². The van der Waals surface area contributed by atoms with Crippen molar-refractivity contribution in [1.82, 2.24) is 9.97 Å². The molecule has 0 unspecified atom stereocenters. The van der Waals surface area contributed by atoms with E-state index in [0.717, 1.165) is 5.56 Å². The number of hydrogen-bond acceptors (Lipinski definition) is 5. The lowest BCUT2D eigenvalue weighted by Crippen LogP contribution is -2.21. The summed E-state index contributed by atoms with van der Waals surface area (Å²) in [6.45, 7) is 0. The predicted octanol–water partition coefficient (Wildman–Crippen LogP) is 0.622. The summed E-state index contributed by atoms with van der Waals surface area (Å²) in [5.74, 6) is -1.32. The quantitative estimate of drug-likeness (QED) is 0.709. The third-order valence-electron chi connectivity index (χ3n) is 2.36. The molecular formula is C12H10N4O4. The minimum absolute atomic E-state index is 0.0202. The van der Waals surface area contributed by atoms with Crippen LogP contribution in [-0.4, -0.2) is 21.0 Å². The Morgan fingerprint density at radius 1 is 1.15 bits per heavy atom. The summed E-state index contributed by atoms with van der Waals surface area (Å²) in [6.07, 6.45) is 0.0202. The fourth-order valence-corrected chi connectivity index (χ4v) is 1.47. The highest BCUT2D eigenvalue weighted by Crippen LogP contribution is 2.15. The summed E-state index contributed by atoms with van der Waals surface area (Å²) >= 11 is 0. The average molecular weight is 274 g/mol. The number of amides is 1. The van der Waals surface area contributed by atoms with E-state index < -0.39 is 28.7 Å². The molecule has 0 aliphatic rings. The van der Waals surface area contributed by atoms with Gasteiger partial charge in [0.1, 0.15) is 0 Å². The normalized spacial score (nSPS) is 10.8. The van der Waals surface area contributed by atoms with Gasteiger partial charge in [-0.05, 0) is 5.56 Å². The van der Waals surface area contributed by atoms with Crippen molar-refractivity contribution in [2.45, 2.75) is 6.42 Å². The lowest BCUT2D eigenvalue weighted by Gasteiger charge is -1.96. The molecule has 0 aliphatic carbocycles. The van der Waals surface area contributed by atoms with Gasteiger partial charge in [0.15, 0.2) is 0 Å². The Morgan fingerprint density at radius 2 is 1.85 bits per heavy atom. The molecule has 1 aromatic heterocycles. The van der Waals surface area contributed by atoms with Crippen molar-refractivity contribution < 1.29 is 9.90 Å². The van der Waals surface area contributed by atoms with Crippen LogP contribution >= 0.6 is 0 Å². The number of carbonyl (C=O) groups excluding carboxylic acids is 1. The van der Waals surface area contributed by atoms with Crippen LogP contribution in [0.5, 0.6) is 5.88 Å². The Balaban J connectivity index is 2.16. The van der Waals surface area contributed by atoms with Crippen LogP contribution in [0, 0.1) is 0 Å². The van der Waals surface area contributed by atoms with E-state index in [1.807, 2.05) is 16.0 Å². The van der Waals surface area contributed by atoms with Gasteiger partial charge in [-0.25, -0.2) is 4.79 Å². The fraction of sp³-hybridized carbons (Fsp3) is 0.0833. The number of H-pyrrole nitrogens is 2. The molecule has 3 N–H and O–H groups in total. The lowest BCUT2D eigenvalue weighted by molar-refractivity contribution is -0.117. The van der Waals surface area contributed by atoms with Crippen molar-refractivity contribution in [2.24, 2.45) is 10.2 Å². The largest absolute Gasteiger partial charge is 0.493 e. The molecule has 0 bridgehead atoms. The fourth-order valence-electron chi connectivity index (χ4n) is 1.47. The van der Waals surface area contributed by atoms with Gasteiger partial charge in [0.2, 0.25) is 11.6 Å². The number of aromatic amines is 2. The summed E-state index contributed by atoms with van der Waals surface area (Å²) < 4.78 is 0. The highest BCUT2D eigenvalue weighted by Gasteiger charge is 2.08. The third kappa shape index (κ3) is 3.25. The molecule has 20 heavy (non-hydrogen) atoms. The number of aromatic hydroxyl groups is 1. The van der Waals surface area contributed by atoms with Gasteiger partial charge in [0.05, 0.1) is 6.42 Å². The second-order valence-electron chi connectivity index (χ2n) is 3.86. The summed E-state index contributed by atoms with van der Waals surface area (Å²) in [5, 5.41) is 16.0. The maximum Gasteiger partial charge on any atom is 0.328 e. The molecule has 102 valence electrons. The number of nitrogens with one attached hydrogen (secondary N) is 2. The molecule has 0 fully saturated rings. The Labute approximate surface area is 111 Å². The smallest absolute Gasteiger partial charge is 0.328 e. The number of azo groups is 1. The van der Waals surface area contributed by atoms with E-state index in [1.54, 1.807) is 24.3 Å². The van der Waals surface area contributed by atoms with Gasteiger partial charge < -0.3 is 5.11 Å². The first-order chi connectivity index (χ1) is 9.56. The zero-order valence-electron chi connectivity index (χ0n) is 10.2. The maximum absolute atomic E-state index is 11.5. The van der Waals surface area contributed by atoms with E-state index >= 15 is 0 Å². The van der Waals surface area contributed by atoms with E-state index in [-0.39, 0.29) is 6.42 Å². The predicted molar refractivity (Wildman–Crippen MR) is 69.0 cm³/mol. The monoisotopic (exact) mass is 274 g/mol. The van der Waals surface area contributed by atoms with Gasteiger partial charge in [0, 0.05) is 0 Å². The van der Waals surface area contributed by atoms with Crippen LogP contribution in [0.15, 0.2) is 50.1 Å². The molecule has 1 aromatic carbocycles. The number of benzene rings is 1. The zero-order chi connectivity index (χ0) is 14.5. The van der Waals surface area contributed by atoms with Crippen molar-refractivity contribution in [3.63, 3.8) is 0 Å². The Hall–Kier alpha value is -3.03. The molecule has 0 aliphatic heterocycles. The number of carbonyl (C=O) groups is 1. The van der Waals surface area contributed by atoms with E-state index in [2.05, 4.69) is 10.2 Å². The Bertz CT molecular complexity index is 761. The van der Waals surface area contributed by atoms with Crippen LogP contribution in [0.25, 0.3) is 0 Å². The topological polar surface area (TPSA) is 128 Å². The van der Waals surface area contributed by atoms with Gasteiger partial charge >= 0.3 is 5.69 Å². The summed E-state index contributed by atoms with van der Waals surface area (Å²) in [6, 6.07) is 8.86. The van der Waals surface area contributed by atoms with Crippen LogP contribution in [-0.2, 0) is 11.2 Å². The van der Waals surface area contributed by atoms with Crippen molar-refractivity contribution in [2.75, 3.05) is 0 Å². The van der Waals surface area contributed by atoms with Crippen LogP contribution in [0.4, 0.5) is 5.69 Å². The molecule has 1 amide bonds. The van der Waals surface area contributed by atoms with Crippen LogP contribution in [0.2, 0.25) is 0 Å². The van der Waals surface area contributed by atoms with Crippen LogP contribution in [0.1, 0.15) is 5.56 Å². The van der Waals surface area contributed by atoms with Gasteiger partial charge in [-0.1, -0.05) is 30.3 Å². The number of hydrogen-bond donors (Lipinski definition) is 3. The summed E-state index contributed by atoms with van der Waals surface area (Å²) in [4.78, 5) is 37.5. The standard InChI is InChI=1S/C12H10N4O4/c17-8(6-7-4-2-1-3-5-7)15-16-9-10(18)13-12(20)14-11(9)19/h1-5H,6H2,(H3,13,14,18,19,20). The molecule has 8 nitrogen and oxygen atoms in total. The molecule has 8 heteroatoms. The zero-order valence-corrected chi connectivity index (χ0v) is 10.2. The van der Waals surface area contributed by atoms with Crippen molar-refractivity contribution in [3.8, 4) is 5.88 Å². The molecule has 2 rings (SSSR count). The highest BCUT2D eigenvalue weighted by molar-refractivity contribution is 5.79. The number of rotatable bonds is 3. The van der Waals surface area contributed by atoms with E-state index in [9.17, 15) is 19.5 Å². The Kier molecular flexibility index (Phi) is 3.85. The molecule has 0 saturated heterocycles. The third-order valence-corrected chi connectivity index (χ3v) is 2.36. The maximum atomic E-state index is 11.5. The van der Waals surface area contributed by atoms with E-state index in [1.165, 1.54) is 0 Å². The Morgan fingerprint density at radius 3 is 2.50 bits per heavy atom. The van der Waals surface area contributed by atoms with Crippen molar-refractivity contribution in [1.29, 1.82) is 0 Å². The molecule has 0 spiro atoms. The van der Waals surface area contributed by atoms with Gasteiger partial charge in [-0.3, -0.25) is 19.6 Å². The SMILES string of the molecule is O=C(Cc1ccccc1)N=Nc1c(O)[nH]c(=O)[nH]c1=O. The first kappa shape index (κ1) is 13.4. The number of nitrogens with zero attached hydrogens (tertiary/aromatic N) is 2. The minimum Gasteiger partial charge on any atom is -0.493 e. The second-order valence-corrected chi connectivity index (χ2v) is 3.86. The first-order valence-electron chi connectivity index (χ1n) is 5.60. The summed E-state index contributed by atoms with van der Waals surface area (Å²) in [7, 11) is 0. The molecule has 2 aromatic rings. The summed E-state index contributed by atoms with van der Waals surface area (Å²) in [5.41, 5.74) is -1.58. The molecule has 1 heterocycles. The van der Waals surface area contributed by atoms with Crippen LogP contribution in [0.3, 0.4) is 0 Å².